The molecule has 4 heterocycles. The van der Waals surface area contributed by atoms with Crippen LogP contribution >= 0.6 is 11.8 Å². The SMILES string of the molecule is CCCc1onc(C)c1C(=O)N1CC2(CC(OCc3ccccn3)CS2)C1. The highest BCUT2D eigenvalue weighted by Crippen LogP contribution is 2.46. The van der Waals surface area contributed by atoms with Crippen molar-refractivity contribution in [2.75, 3.05) is 18.8 Å². The van der Waals surface area contributed by atoms with Gasteiger partial charge in [-0.05, 0) is 31.9 Å². The van der Waals surface area contributed by atoms with Crippen LogP contribution in [0, 0.1) is 6.92 Å². The topological polar surface area (TPSA) is 68.5 Å². The molecular formula is C20H25N3O3S. The minimum Gasteiger partial charge on any atom is -0.371 e. The number of ether oxygens (including phenoxy) is 1. The molecule has 2 saturated heterocycles. The van der Waals surface area contributed by atoms with Gasteiger partial charge in [-0.25, -0.2) is 0 Å². The summed E-state index contributed by atoms with van der Waals surface area (Å²) in [6.07, 6.45) is 4.68. The lowest BCUT2D eigenvalue weighted by Gasteiger charge is -2.47. The maximum Gasteiger partial charge on any atom is 0.259 e. The predicted octanol–water partition coefficient (Wildman–Crippen LogP) is 3.25. The van der Waals surface area contributed by atoms with E-state index in [1.54, 1.807) is 6.20 Å². The van der Waals surface area contributed by atoms with Crippen molar-refractivity contribution in [2.45, 2.75) is 50.6 Å². The van der Waals surface area contributed by atoms with Gasteiger partial charge in [0, 0.05) is 31.5 Å². The first-order valence-electron chi connectivity index (χ1n) is 9.50. The van der Waals surface area contributed by atoms with Crippen LogP contribution < -0.4 is 0 Å². The molecule has 1 spiro atoms. The van der Waals surface area contributed by atoms with Crippen LogP contribution in [0.2, 0.25) is 0 Å². The second-order valence-corrected chi connectivity index (χ2v) is 8.92. The lowest BCUT2D eigenvalue weighted by Crippen LogP contribution is -2.60. The molecule has 0 N–H and O–H groups in total. The number of rotatable bonds is 6. The summed E-state index contributed by atoms with van der Waals surface area (Å²) in [5, 5.41) is 4.00. The molecule has 4 rings (SSSR count). The zero-order chi connectivity index (χ0) is 18.9. The van der Waals surface area contributed by atoms with E-state index in [-0.39, 0.29) is 16.8 Å². The van der Waals surface area contributed by atoms with Gasteiger partial charge in [0.2, 0.25) is 0 Å². The molecule has 6 nitrogen and oxygen atoms in total. The van der Waals surface area contributed by atoms with E-state index in [0.717, 1.165) is 49.6 Å². The summed E-state index contributed by atoms with van der Waals surface area (Å²) >= 11 is 1.93. The van der Waals surface area contributed by atoms with Gasteiger partial charge in [-0.3, -0.25) is 9.78 Å². The number of amides is 1. The Balaban J connectivity index is 1.31. The lowest BCUT2D eigenvalue weighted by atomic mass is 9.92. The smallest absolute Gasteiger partial charge is 0.259 e. The average Bonchev–Trinajstić information content (AvgIpc) is 3.24. The van der Waals surface area contributed by atoms with Crippen LogP contribution in [0.3, 0.4) is 0 Å². The number of thioether (sulfide) groups is 1. The van der Waals surface area contributed by atoms with Crippen molar-refractivity contribution in [3.63, 3.8) is 0 Å². The van der Waals surface area contributed by atoms with E-state index in [0.29, 0.717) is 17.9 Å². The summed E-state index contributed by atoms with van der Waals surface area (Å²) < 4.78 is 11.5. The summed E-state index contributed by atoms with van der Waals surface area (Å²) in [6.45, 7) is 6.01. The molecule has 0 aliphatic carbocycles. The maximum absolute atomic E-state index is 12.9. The highest BCUT2D eigenvalue weighted by molar-refractivity contribution is 8.01. The van der Waals surface area contributed by atoms with E-state index in [4.69, 9.17) is 9.26 Å². The van der Waals surface area contributed by atoms with Gasteiger partial charge in [0.25, 0.3) is 5.91 Å². The Morgan fingerprint density at radius 2 is 2.30 bits per heavy atom. The van der Waals surface area contributed by atoms with Crippen LogP contribution in [0.1, 0.15) is 47.3 Å². The first-order valence-corrected chi connectivity index (χ1v) is 10.5. The minimum atomic E-state index is 0.0567. The molecule has 2 aromatic rings. The number of carbonyl (C=O) groups excluding carboxylic acids is 1. The Hall–Kier alpha value is -1.86. The van der Waals surface area contributed by atoms with Crippen molar-refractivity contribution >= 4 is 17.7 Å². The van der Waals surface area contributed by atoms with Gasteiger partial charge in [-0.2, -0.15) is 0 Å². The summed E-state index contributed by atoms with van der Waals surface area (Å²) in [5.41, 5.74) is 2.32. The second kappa shape index (κ2) is 7.64. The van der Waals surface area contributed by atoms with Gasteiger partial charge >= 0.3 is 0 Å². The van der Waals surface area contributed by atoms with Gasteiger partial charge in [0.1, 0.15) is 11.3 Å². The van der Waals surface area contributed by atoms with E-state index in [1.807, 2.05) is 41.8 Å². The monoisotopic (exact) mass is 387 g/mol. The fourth-order valence-electron chi connectivity index (χ4n) is 3.86. The lowest BCUT2D eigenvalue weighted by molar-refractivity contribution is 0.0244. The molecule has 1 unspecified atom stereocenters. The first-order chi connectivity index (χ1) is 13.1. The minimum absolute atomic E-state index is 0.0567. The number of aromatic nitrogens is 2. The largest absolute Gasteiger partial charge is 0.371 e. The Kier molecular flexibility index (Phi) is 5.23. The van der Waals surface area contributed by atoms with E-state index in [1.165, 1.54) is 0 Å². The molecule has 0 radical (unpaired) electrons. The fraction of sp³-hybridized carbons (Fsp3) is 0.550. The van der Waals surface area contributed by atoms with E-state index < -0.39 is 0 Å². The summed E-state index contributed by atoms with van der Waals surface area (Å²) in [6, 6.07) is 5.87. The molecule has 27 heavy (non-hydrogen) atoms. The van der Waals surface area contributed by atoms with E-state index >= 15 is 0 Å². The fourth-order valence-corrected chi connectivity index (χ4v) is 5.41. The molecule has 0 bridgehead atoms. The van der Waals surface area contributed by atoms with Crippen molar-refractivity contribution in [3.8, 4) is 0 Å². The molecular weight excluding hydrogens is 362 g/mol. The standard InChI is InChI=1S/C20H25N3O3S/c1-3-6-17-18(14(2)22-26-17)19(24)23-12-20(13-23)9-16(11-27-20)25-10-15-7-4-5-8-21-15/h4-5,7-8,16H,3,6,9-13H2,1-2H3. The number of nitrogens with zero attached hydrogens (tertiary/aromatic N) is 3. The third-order valence-corrected chi connectivity index (χ3v) is 6.81. The number of pyridine rings is 1. The zero-order valence-electron chi connectivity index (χ0n) is 15.8. The zero-order valence-corrected chi connectivity index (χ0v) is 16.6. The van der Waals surface area contributed by atoms with E-state index in [9.17, 15) is 4.79 Å². The van der Waals surface area contributed by atoms with Gasteiger partial charge < -0.3 is 14.2 Å². The molecule has 1 amide bonds. The van der Waals surface area contributed by atoms with Crippen molar-refractivity contribution < 1.29 is 14.1 Å². The van der Waals surface area contributed by atoms with Gasteiger partial charge in [0.15, 0.2) is 0 Å². The van der Waals surface area contributed by atoms with Crippen LogP contribution in [0.4, 0.5) is 0 Å². The number of hydrogen-bond acceptors (Lipinski definition) is 6. The molecule has 0 saturated carbocycles. The van der Waals surface area contributed by atoms with Gasteiger partial charge in [-0.1, -0.05) is 18.1 Å². The Morgan fingerprint density at radius 3 is 3.04 bits per heavy atom. The quantitative estimate of drug-likeness (QED) is 0.758. The summed E-state index contributed by atoms with van der Waals surface area (Å²) in [7, 11) is 0. The number of carbonyl (C=O) groups is 1. The normalized spacial score (nSPS) is 20.8. The summed E-state index contributed by atoms with van der Waals surface area (Å²) in [4.78, 5) is 19.1. The molecule has 1 atom stereocenters. The van der Waals surface area contributed by atoms with Gasteiger partial charge in [-0.15, -0.1) is 11.8 Å². The molecule has 7 heteroatoms. The number of likely N-dealkylation sites (tertiary alicyclic amines) is 1. The molecule has 2 aromatic heterocycles. The first kappa shape index (κ1) is 18.5. The Morgan fingerprint density at radius 1 is 1.44 bits per heavy atom. The Labute approximate surface area is 163 Å². The number of aryl methyl sites for hydroxylation is 2. The predicted molar refractivity (Wildman–Crippen MR) is 104 cm³/mol. The third-order valence-electron chi connectivity index (χ3n) is 5.24. The summed E-state index contributed by atoms with van der Waals surface area (Å²) in [5.74, 6) is 1.75. The number of hydrogen-bond donors (Lipinski definition) is 0. The van der Waals surface area contributed by atoms with Crippen LogP contribution in [-0.2, 0) is 17.8 Å². The molecule has 2 fully saturated rings. The van der Waals surface area contributed by atoms with Crippen molar-refractivity contribution in [2.24, 2.45) is 0 Å². The van der Waals surface area contributed by atoms with Crippen LogP contribution in [0.5, 0.6) is 0 Å². The van der Waals surface area contributed by atoms with Crippen LogP contribution in [0.15, 0.2) is 28.9 Å². The van der Waals surface area contributed by atoms with E-state index in [2.05, 4.69) is 17.1 Å². The highest BCUT2D eigenvalue weighted by atomic mass is 32.2. The molecule has 0 aromatic carbocycles. The van der Waals surface area contributed by atoms with Crippen molar-refractivity contribution in [3.05, 3.63) is 47.1 Å². The molecule has 144 valence electrons. The molecule has 2 aliphatic rings. The second-order valence-electron chi connectivity index (χ2n) is 7.43. The average molecular weight is 388 g/mol. The van der Waals surface area contributed by atoms with Crippen LogP contribution in [0.25, 0.3) is 0 Å². The van der Waals surface area contributed by atoms with Gasteiger partial charge in [0.05, 0.1) is 28.8 Å². The molecule has 2 aliphatic heterocycles. The van der Waals surface area contributed by atoms with Crippen LogP contribution in [-0.4, -0.2) is 50.6 Å². The van der Waals surface area contributed by atoms with Crippen molar-refractivity contribution in [1.29, 1.82) is 0 Å². The highest BCUT2D eigenvalue weighted by Gasteiger charge is 2.51. The Bertz CT molecular complexity index is 802. The van der Waals surface area contributed by atoms with Crippen molar-refractivity contribution in [1.82, 2.24) is 15.0 Å². The third kappa shape index (κ3) is 3.75. The maximum atomic E-state index is 12.9.